The van der Waals surface area contributed by atoms with Gasteiger partial charge >= 0.3 is 0 Å². The van der Waals surface area contributed by atoms with Crippen molar-refractivity contribution in [1.29, 1.82) is 0 Å². The van der Waals surface area contributed by atoms with E-state index < -0.39 is 0 Å². The molecule has 0 unspecified atom stereocenters. The molecule has 0 saturated heterocycles. The second kappa shape index (κ2) is 7.26. The van der Waals surface area contributed by atoms with Gasteiger partial charge in [0.2, 0.25) is 11.8 Å². The van der Waals surface area contributed by atoms with Crippen LogP contribution in [-0.2, 0) is 11.2 Å². The average Bonchev–Trinajstić information content (AvgIpc) is 2.88. The van der Waals surface area contributed by atoms with Crippen molar-refractivity contribution in [3.05, 3.63) is 30.2 Å². The molecule has 2 aromatic heterocycles. The van der Waals surface area contributed by atoms with Crippen LogP contribution in [0.15, 0.2) is 24.7 Å². The van der Waals surface area contributed by atoms with Gasteiger partial charge in [0, 0.05) is 12.7 Å². The van der Waals surface area contributed by atoms with Crippen molar-refractivity contribution in [3.8, 4) is 5.88 Å². The molecule has 23 heavy (non-hydrogen) atoms. The lowest BCUT2D eigenvalue weighted by atomic mass is 9.99. The molecule has 6 nitrogen and oxygen atoms in total. The lowest BCUT2D eigenvalue weighted by molar-refractivity contribution is -0.116. The van der Waals surface area contributed by atoms with E-state index in [1.807, 2.05) is 19.2 Å². The van der Waals surface area contributed by atoms with Crippen molar-refractivity contribution in [2.75, 3.05) is 13.2 Å². The number of hydrogen-bond donors (Lipinski definition) is 2. The summed E-state index contributed by atoms with van der Waals surface area (Å²) < 4.78 is 5.87. The zero-order chi connectivity index (χ0) is 16.9. The van der Waals surface area contributed by atoms with E-state index in [9.17, 15) is 4.79 Å². The Kier molecular flexibility index (Phi) is 5.36. The van der Waals surface area contributed by atoms with Crippen LogP contribution in [0, 0.1) is 5.41 Å². The summed E-state index contributed by atoms with van der Waals surface area (Å²) in [7, 11) is 0. The zero-order valence-corrected chi connectivity index (χ0v) is 14.1. The first-order chi connectivity index (χ1) is 10.9. The summed E-state index contributed by atoms with van der Waals surface area (Å²) in [5.74, 6) is 0.486. The second-order valence-corrected chi connectivity index (χ2v) is 6.57. The number of ether oxygens (including phenoxy) is 1. The van der Waals surface area contributed by atoms with E-state index in [0.29, 0.717) is 25.5 Å². The lowest BCUT2D eigenvalue weighted by Crippen LogP contribution is -2.19. The molecule has 2 N–H and O–H groups in total. The maximum Gasteiger partial charge on any atom is 0.243 e. The largest absolute Gasteiger partial charge is 0.477 e. The molecule has 2 rings (SSSR count). The van der Waals surface area contributed by atoms with Crippen LogP contribution < -0.4 is 10.1 Å². The SMILES string of the molecule is CCNC(=O)/C=C/Cc1c[nH]c2ncnc(OCC(C)(C)C)c12. The number of amides is 1. The van der Waals surface area contributed by atoms with Crippen LogP contribution in [0.25, 0.3) is 11.0 Å². The number of H-pyrrole nitrogens is 1. The highest BCUT2D eigenvalue weighted by molar-refractivity contribution is 5.88. The maximum absolute atomic E-state index is 11.5. The number of hydrogen-bond acceptors (Lipinski definition) is 4. The van der Waals surface area contributed by atoms with Gasteiger partial charge in [-0.05, 0) is 30.4 Å². The fourth-order valence-corrected chi connectivity index (χ4v) is 2.08. The number of rotatable bonds is 6. The minimum atomic E-state index is -0.0900. The van der Waals surface area contributed by atoms with Gasteiger partial charge in [-0.3, -0.25) is 4.79 Å². The van der Waals surface area contributed by atoms with Crippen molar-refractivity contribution in [2.24, 2.45) is 5.41 Å². The van der Waals surface area contributed by atoms with Crippen LogP contribution in [0.1, 0.15) is 33.3 Å². The highest BCUT2D eigenvalue weighted by Crippen LogP contribution is 2.27. The number of aromatic amines is 1. The maximum atomic E-state index is 11.5. The van der Waals surface area contributed by atoms with Gasteiger partial charge in [0.15, 0.2) is 0 Å². The first kappa shape index (κ1) is 17.0. The van der Waals surface area contributed by atoms with Crippen LogP contribution in [0.3, 0.4) is 0 Å². The van der Waals surface area contributed by atoms with Crippen LogP contribution in [-0.4, -0.2) is 34.0 Å². The van der Waals surface area contributed by atoms with E-state index in [0.717, 1.165) is 16.6 Å². The van der Waals surface area contributed by atoms with Crippen molar-refractivity contribution in [1.82, 2.24) is 20.3 Å². The topological polar surface area (TPSA) is 79.9 Å². The Bertz CT molecular complexity index is 698. The first-order valence-electron chi connectivity index (χ1n) is 7.79. The summed E-state index contributed by atoms with van der Waals surface area (Å²) in [4.78, 5) is 23.1. The summed E-state index contributed by atoms with van der Waals surface area (Å²) in [6, 6.07) is 0. The standard InChI is InChI=1S/C17H24N4O2/c1-5-18-13(22)8-6-7-12-9-19-15-14(12)16(21-11-20-15)23-10-17(2,3)4/h6,8-9,11H,5,7,10H2,1-4H3,(H,18,22)(H,19,20,21)/b8-6+. The number of nitrogens with one attached hydrogen (secondary N) is 2. The van der Waals surface area contributed by atoms with Gasteiger partial charge < -0.3 is 15.0 Å². The molecule has 0 saturated carbocycles. The third kappa shape index (κ3) is 4.81. The summed E-state index contributed by atoms with van der Waals surface area (Å²) in [5.41, 5.74) is 1.79. The van der Waals surface area contributed by atoms with Crippen molar-refractivity contribution >= 4 is 16.9 Å². The van der Waals surface area contributed by atoms with E-state index in [2.05, 4.69) is 41.0 Å². The average molecular weight is 316 g/mol. The number of nitrogens with zero attached hydrogens (tertiary/aromatic N) is 2. The summed E-state index contributed by atoms with van der Waals surface area (Å²) in [6.07, 6.45) is 7.35. The molecule has 0 bridgehead atoms. The Balaban J connectivity index is 2.19. The molecule has 0 atom stereocenters. The van der Waals surface area contributed by atoms with Gasteiger partial charge in [-0.1, -0.05) is 26.8 Å². The molecule has 0 aliphatic heterocycles. The molecule has 2 aromatic rings. The van der Waals surface area contributed by atoms with E-state index in [1.54, 1.807) is 6.08 Å². The molecule has 0 aliphatic rings. The first-order valence-corrected chi connectivity index (χ1v) is 7.79. The highest BCUT2D eigenvalue weighted by atomic mass is 16.5. The summed E-state index contributed by atoms with van der Waals surface area (Å²) >= 11 is 0. The molecular weight excluding hydrogens is 292 g/mol. The lowest BCUT2D eigenvalue weighted by Gasteiger charge is -2.18. The van der Waals surface area contributed by atoms with Crippen molar-refractivity contribution < 1.29 is 9.53 Å². The third-order valence-corrected chi connectivity index (χ3v) is 3.12. The minimum Gasteiger partial charge on any atom is -0.477 e. The predicted molar refractivity (Wildman–Crippen MR) is 90.4 cm³/mol. The normalized spacial score (nSPS) is 12.0. The fraction of sp³-hybridized carbons (Fsp3) is 0.471. The van der Waals surface area contributed by atoms with Gasteiger partial charge in [0.05, 0.1) is 12.0 Å². The Morgan fingerprint density at radius 2 is 2.17 bits per heavy atom. The van der Waals surface area contributed by atoms with Crippen LogP contribution in [0.2, 0.25) is 0 Å². The van der Waals surface area contributed by atoms with Gasteiger partial charge in [-0.25, -0.2) is 9.97 Å². The van der Waals surface area contributed by atoms with Crippen molar-refractivity contribution in [2.45, 2.75) is 34.1 Å². The molecule has 0 aliphatic carbocycles. The Morgan fingerprint density at radius 3 is 2.87 bits per heavy atom. The van der Waals surface area contributed by atoms with E-state index in [-0.39, 0.29) is 11.3 Å². The number of carbonyl (C=O) groups is 1. The van der Waals surface area contributed by atoms with Gasteiger partial charge in [0.1, 0.15) is 12.0 Å². The summed E-state index contributed by atoms with van der Waals surface area (Å²) in [5, 5.41) is 3.60. The van der Waals surface area contributed by atoms with Crippen LogP contribution in [0.5, 0.6) is 5.88 Å². The number of likely N-dealkylation sites (N-methyl/N-ethyl adjacent to an activating group) is 1. The molecule has 0 fully saturated rings. The van der Waals surface area contributed by atoms with E-state index in [4.69, 9.17) is 4.74 Å². The van der Waals surface area contributed by atoms with E-state index >= 15 is 0 Å². The molecule has 2 heterocycles. The minimum absolute atomic E-state index is 0.0475. The number of aromatic nitrogens is 3. The van der Waals surface area contributed by atoms with Gasteiger partial charge in [-0.2, -0.15) is 0 Å². The fourth-order valence-electron chi connectivity index (χ4n) is 2.08. The van der Waals surface area contributed by atoms with Crippen LogP contribution in [0.4, 0.5) is 0 Å². The number of allylic oxidation sites excluding steroid dienone is 1. The third-order valence-electron chi connectivity index (χ3n) is 3.12. The second-order valence-electron chi connectivity index (χ2n) is 6.57. The Morgan fingerprint density at radius 1 is 1.39 bits per heavy atom. The van der Waals surface area contributed by atoms with E-state index in [1.165, 1.54) is 6.33 Å². The van der Waals surface area contributed by atoms with Crippen molar-refractivity contribution in [3.63, 3.8) is 0 Å². The monoisotopic (exact) mass is 316 g/mol. The molecule has 0 radical (unpaired) electrons. The quantitative estimate of drug-likeness (QED) is 0.803. The molecular formula is C17H24N4O2. The highest BCUT2D eigenvalue weighted by Gasteiger charge is 2.16. The number of fused-ring (bicyclic) bond motifs is 1. The van der Waals surface area contributed by atoms with Gasteiger partial charge in [-0.15, -0.1) is 0 Å². The smallest absolute Gasteiger partial charge is 0.243 e. The molecule has 1 amide bonds. The molecule has 0 aromatic carbocycles. The Hall–Kier alpha value is -2.37. The molecule has 0 spiro atoms. The Labute approximate surface area is 136 Å². The zero-order valence-electron chi connectivity index (χ0n) is 14.1. The number of carbonyl (C=O) groups excluding carboxylic acids is 1. The predicted octanol–water partition coefficient (Wildman–Crippen LogP) is 2.62. The summed E-state index contributed by atoms with van der Waals surface area (Å²) in [6.45, 7) is 9.41. The van der Waals surface area contributed by atoms with Gasteiger partial charge in [0.25, 0.3) is 0 Å². The molecule has 6 heteroatoms. The molecule has 124 valence electrons. The van der Waals surface area contributed by atoms with Crippen LogP contribution >= 0.6 is 0 Å².